The molecule has 0 bridgehead atoms. The molecule has 1 unspecified atom stereocenters. The molecule has 66 valence electrons. The van der Waals surface area contributed by atoms with Crippen LogP contribution in [0.3, 0.4) is 0 Å². The Morgan fingerprint density at radius 1 is 1.42 bits per heavy atom. The molecular formula is C10H16N2. The molecular weight excluding hydrogens is 148 g/mol. The van der Waals surface area contributed by atoms with Crippen LogP contribution in [0.2, 0.25) is 0 Å². The molecule has 0 amide bonds. The maximum Gasteiger partial charge on any atom is 0.0816 e. The van der Waals surface area contributed by atoms with Gasteiger partial charge in [0.1, 0.15) is 0 Å². The Morgan fingerprint density at radius 2 is 2.25 bits per heavy atom. The van der Waals surface area contributed by atoms with Crippen LogP contribution in [0.4, 0.5) is 0 Å². The fourth-order valence-electron chi connectivity index (χ4n) is 1.97. The highest BCUT2D eigenvalue weighted by atomic mass is 15.2. The van der Waals surface area contributed by atoms with Gasteiger partial charge in [-0.1, -0.05) is 12.3 Å². The Balaban J connectivity index is 1.86. The lowest BCUT2D eigenvalue weighted by Gasteiger charge is -2.41. The molecule has 2 rings (SSSR count). The first-order chi connectivity index (χ1) is 5.90. The lowest BCUT2D eigenvalue weighted by atomic mass is 9.90. The first kappa shape index (κ1) is 8.10. The highest BCUT2D eigenvalue weighted by molar-refractivity contribution is 5.03. The monoisotopic (exact) mass is 164 g/mol. The molecule has 2 fully saturated rings. The van der Waals surface area contributed by atoms with Gasteiger partial charge in [0.05, 0.1) is 6.04 Å². The van der Waals surface area contributed by atoms with Crippen LogP contribution in [0.25, 0.3) is 0 Å². The van der Waals surface area contributed by atoms with Crippen molar-refractivity contribution in [1.82, 2.24) is 10.2 Å². The van der Waals surface area contributed by atoms with Gasteiger partial charge in [-0.15, -0.1) is 6.42 Å². The fraction of sp³-hybridized carbons (Fsp3) is 0.800. The lowest BCUT2D eigenvalue weighted by Crippen LogP contribution is -2.55. The van der Waals surface area contributed by atoms with Crippen LogP contribution in [-0.4, -0.2) is 36.6 Å². The maximum absolute atomic E-state index is 5.39. The minimum Gasteiger partial charge on any atom is -0.301 e. The molecule has 1 atom stereocenters. The molecule has 2 nitrogen and oxygen atoms in total. The summed E-state index contributed by atoms with van der Waals surface area (Å²) in [6, 6.07) is 1.14. The summed E-state index contributed by atoms with van der Waals surface area (Å²) < 4.78 is 0. The average molecular weight is 164 g/mol. The second-order valence-electron chi connectivity index (χ2n) is 3.75. The van der Waals surface area contributed by atoms with Gasteiger partial charge >= 0.3 is 0 Å². The summed E-state index contributed by atoms with van der Waals surface area (Å²) in [5.41, 5.74) is 0. The van der Waals surface area contributed by atoms with Gasteiger partial charge in [0.25, 0.3) is 0 Å². The van der Waals surface area contributed by atoms with Crippen LogP contribution < -0.4 is 5.32 Å². The number of nitrogens with one attached hydrogen (secondary N) is 1. The van der Waals surface area contributed by atoms with Gasteiger partial charge in [-0.05, 0) is 12.8 Å². The third-order valence-electron chi connectivity index (χ3n) is 3.00. The molecule has 0 radical (unpaired) electrons. The highest BCUT2D eigenvalue weighted by Crippen LogP contribution is 2.25. The zero-order valence-corrected chi connectivity index (χ0v) is 7.42. The first-order valence-corrected chi connectivity index (χ1v) is 4.83. The second kappa shape index (κ2) is 3.47. The highest BCUT2D eigenvalue weighted by Gasteiger charge is 2.28. The molecule has 0 spiro atoms. The SMILES string of the molecule is C#CC1CN(C2CCC2)CCN1. The Morgan fingerprint density at radius 3 is 2.83 bits per heavy atom. The molecule has 0 aromatic heterocycles. The summed E-state index contributed by atoms with van der Waals surface area (Å²) in [6.07, 6.45) is 9.57. The van der Waals surface area contributed by atoms with Gasteiger partial charge in [0.15, 0.2) is 0 Å². The molecule has 1 saturated carbocycles. The van der Waals surface area contributed by atoms with Crippen LogP contribution in [0.1, 0.15) is 19.3 Å². The summed E-state index contributed by atoms with van der Waals surface area (Å²) in [6.45, 7) is 3.30. The molecule has 2 aliphatic rings. The summed E-state index contributed by atoms with van der Waals surface area (Å²) in [5, 5.41) is 3.32. The number of hydrogen-bond acceptors (Lipinski definition) is 2. The van der Waals surface area contributed by atoms with Gasteiger partial charge < -0.3 is 5.32 Å². The van der Waals surface area contributed by atoms with E-state index in [1.165, 1.54) is 25.8 Å². The summed E-state index contributed by atoms with van der Waals surface area (Å²) in [7, 11) is 0. The smallest absolute Gasteiger partial charge is 0.0816 e. The molecule has 1 heterocycles. The summed E-state index contributed by atoms with van der Waals surface area (Å²) in [5.74, 6) is 2.78. The van der Waals surface area contributed by atoms with Gasteiger partial charge in [0.2, 0.25) is 0 Å². The zero-order valence-electron chi connectivity index (χ0n) is 7.42. The standard InChI is InChI=1S/C10H16N2/c1-2-9-8-12(7-6-11-9)10-4-3-5-10/h1,9-11H,3-8H2. The number of piperazine rings is 1. The van der Waals surface area contributed by atoms with E-state index in [-0.39, 0.29) is 0 Å². The van der Waals surface area contributed by atoms with Crippen LogP contribution in [0.15, 0.2) is 0 Å². The van der Waals surface area contributed by atoms with Crippen molar-refractivity contribution in [1.29, 1.82) is 0 Å². The van der Waals surface area contributed by atoms with Crippen molar-refractivity contribution in [3.8, 4) is 12.3 Å². The third-order valence-corrected chi connectivity index (χ3v) is 3.00. The van der Waals surface area contributed by atoms with Crippen LogP contribution in [0.5, 0.6) is 0 Å². The maximum atomic E-state index is 5.39. The topological polar surface area (TPSA) is 15.3 Å². The Kier molecular flexibility index (Phi) is 2.34. The minimum atomic E-state index is 0.291. The van der Waals surface area contributed by atoms with Gasteiger partial charge in [-0.3, -0.25) is 4.90 Å². The largest absolute Gasteiger partial charge is 0.301 e. The second-order valence-corrected chi connectivity index (χ2v) is 3.75. The number of rotatable bonds is 1. The number of hydrogen-bond donors (Lipinski definition) is 1. The van der Waals surface area contributed by atoms with E-state index in [2.05, 4.69) is 16.1 Å². The van der Waals surface area contributed by atoms with Crippen LogP contribution >= 0.6 is 0 Å². The van der Waals surface area contributed by atoms with E-state index in [4.69, 9.17) is 6.42 Å². The summed E-state index contributed by atoms with van der Waals surface area (Å²) in [4.78, 5) is 2.55. The van der Waals surface area contributed by atoms with E-state index in [1.54, 1.807) is 0 Å². The summed E-state index contributed by atoms with van der Waals surface area (Å²) >= 11 is 0. The van der Waals surface area contributed by atoms with Crippen molar-refractivity contribution in [2.45, 2.75) is 31.3 Å². The molecule has 1 saturated heterocycles. The molecule has 1 aliphatic heterocycles. The molecule has 0 aromatic carbocycles. The van der Waals surface area contributed by atoms with Gasteiger partial charge in [-0.25, -0.2) is 0 Å². The number of nitrogens with zero attached hydrogens (tertiary/aromatic N) is 1. The van der Waals surface area contributed by atoms with Crippen molar-refractivity contribution in [3.63, 3.8) is 0 Å². The van der Waals surface area contributed by atoms with Crippen molar-refractivity contribution in [2.24, 2.45) is 0 Å². The van der Waals surface area contributed by atoms with Crippen molar-refractivity contribution in [3.05, 3.63) is 0 Å². The van der Waals surface area contributed by atoms with Crippen molar-refractivity contribution in [2.75, 3.05) is 19.6 Å². The normalized spacial score (nSPS) is 32.4. The van der Waals surface area contributed by atoms with E-state index >= 15 is 0 Å². The van der Waals surface area contributed by atoms with E-state index in [1.807, 2.05) is 0 Å². The number of terminal acetylenes is 1. The molecule has 0 aromatic rings. The van der Waals surface area contributed by atoms with E-state index in [0.29, 0.717) is 6.04 Å². The molecule has 12 heavy (non-hydrogen) atoms. The molecule has 2 heteroatoms. The van der Waals surface area contributed by atoms with Crippen molar-refractivity contribution < 1.29 is 0 Å². The molecule has 1 N–H and O–H groups in total. The molecule has 1 aliphatic carbocycles. The average Bonchev–Trinajstić information content (AvgIpc) is 2.02. The predicted molar refractivity (Wildman–Crippen MR) is 49.8 cm³/mol. The third kappa shape index (κ3) is 1.48. The van der Waals surface area contributed by atoms with E-state index in [0.717, 1.165) is 19.1 Å². The quantitative estimate of drug-likeness (QED) is 0.566. The van der Waals surface area contributed by atoms with Crippen LogP contribution in [-0.2, 0) is 0 Å². The Hall–Kier alpha value is -0.520. The van der Waals surface area contributed by atoms with Crippen molar-refractivity contribution >= 4 is 0 Å². The van der Waals surface area contributed by atoms with Gasteiger partial charge in [-0.2, -0.15) is 0 Å². The Bertz CT molecular complexity index is 191. The fourth-order valence-corrected chi connectivity index (χ4v) is 1.97. The van der Waals surface area contributed by atoms with E-state index < -0.39 is 0 Å². The zero-order chi connectivity index (χ0) is 8.39. The predicted octanol–water partition coefficient (Wildman–Crippen LogP) is 0.446. The van der Waals surface area contributed by atoms with E-state index in [9.17, 15) is 0 Å². The minimum absolute atomic E-state index is 0.291. The van der Waals surface area contributed by atoms with Crippen LogP contribution in [0, 0.1) is 12.3 Å². The first-order valence-electron chi connectivity index (χ1n) is 4.83. The van der Waals surface area contributed by atoms with Gasteiger partial charge in [0, 0.05) is 25.7 Å². The Labute approximate surface area is 74.3 Å². The lowest BCUT2D eigenvalue weighted by molar-refractivity contribution is 0.102.